The molecule has 0 saturated heterocycles. The van der Waals surface area contributed by atoms with Crippen LogP contribution in [0.15, 0.2) is 72.8 Å². The third-order valence-corrected chi connectivity index (χ3v) is 10.5. The maximum Gasteiger partial charge on any atom is 0.328 e. The molecule has 3 aromatic carbocycles. The summed E-state index contributed by atoms with van der Waals surface area (Å²) in [5, 5.41) is 22.6. The average molecular weight is 805 g/mol. The van der Waals surface area contributed by atoms with Crippen LogP contribution in [0, 0.1) is 11.8 Å². The Kier molecular flexibility index (Phi) is 17.5. The van der Waals surface area contributed by atoms with Crippen LogP contribution in [0.5, 0.6) is 17.2 Å². The number of likely N-dealkylation sites (N-methyl/N-ethyl adjacent to an activating group) is 3. The molecule has 58 heavy (non-hydrogen) atoms. The Balaban J connectivity index is 1.92. The highest BCUT2D eigenvalue weighted by Gasteiger charge is 2.40. The van der Waals surface area contributed by atoms with Gasteiger partial charge in [-0.3, -0.25) is 24.1 Å². The van der Waals surface area contributed by atoms with E-state index in [2.05, 4.69) is 5.32 Å². The van der Waals surface area contributed by atoms with Crippen LogP contribution in [0.2, 0.25) is 0 Å². The van der Waals surface area contributed by atoms with E-state index in [4.69, 9.17) is 14.2 Å². The lowest BCUT2D eigenvalue weighted by atomic mass is 9.96. The zero-order chi connectivity index (χ0) is 43.3. The highest BCUT2D eigenvalue weighted by atomic mass is 16.6. The van der Waals surface area contributed by atoms with E-state index in [0.29, 0.717) is 29.7 Å². The number of phenols is 2. The van der Waals surface area contributed by atoms with E-state index in [0.717, 1.165) is 5.56 Å². The molecule has 0 bridgehead atoms. The normalized spacial score (nSPS) is 14.3. The van der Waals surface area contributed by atoms with Crippen LogP contribution in [-0.2, 0) is 52.7 Å². The standard InChI is InChI=1S/C44H60N4O10/c1-11-28(4)39(58-44(55)36(46(5)6)25-31-16-22-34(56-9)23-17-31)40(51)45-38(27(2)3)42(53)47(7)35(24-29-12-18-32(49)19-13-29)41(52)48(8)37(43(54)57-10)26-30-14-20-33(50)21-15-30/h12-23,27-28,35-39,49-50H,11,24-26H2,1-10H3,(H,45,51)/t28-,35+,36+,37-,38-,39+/m0/s1. The fraction of sp³-hybridized carbons (Fsp3) is 0.477. The number of hydrogen-bond donors (Lipinski definition) is 3. The Labute approximate surface area is 342 Å². The predicted octanol–water partition coefficient (Wildman–Crippen LogP) is 3.99. The van der Waals surface area contributed by atoms with Crippen LogP contribution >= 0.6 is 0 Å². The third-order valence-electron chi connectivity index (χ3n) is 10.5. The van der Waals surface area contributed by atoms with E-state index < -0.39 is 71.8 Å². The van der Waals surface area contributed by atoms with Gasteiger partial charge in [0.05, 0.1) is 14.2 Å². The average Bonchev–Trinajstić information content (AvgIpc) is 3.21. The predicted molar refractivity (Wildman–Crippen MR) is 219 cm³/mol. The first-order valence-electron chi connectivity index (χ1n) is 19.4. The molecular weight excluding hydrogens is 745 g/mol. The second kappa shape index (κ2) is 21.8. The van der Waals surface area contributed by atoms with E-state index in [1.54, 1.807) is 83.3 Å². The molecular formula is C44H60N4O10. The Bertz CT molecular complexity index is 1820. The van der Waals surface area contributed by atoms with Crippen LogP contribution in [0.3, 0.4) is 0 Å². The van der Waals surface area contributed by atoms with Gasteiger partial charge in [-0.15, -0.1) is 0 Å². The number of nitrogens with one attached hydrogen (secondary N) is 1. The number of amides is 3. The van der Waals surface area contributed by atoms with Gasteiger partial charge >= 0.3 is 11.9 Å². The number of carbonyl (C=O) groups excluding carboxylic acids is 5. The summed E-state index contributed by atoms with van der Waals surface area (Å²) in [6.07, 6.45) is -0.341. The number of ether oxygens (including phenoxy) is 3. The lowest BCUT2D eigenvalue weighted by Crippen LogP contribution is -2.59. The summed E-state index contributed by atoms with van der Waals surface area (Å²) in [6.45, 7) is 7.18. The van der Waals surface area contributed by atoms with Gasteiger partial charge in [-0.1, -0.05) is 64.1 Å². The minimum Gasteiger partial charge on any atom is -0.508 e. The number of aromatic hydroxyl groups is 2. The van der Waals surface area contributed by atoms with Crippen molar-refractivity contribution in [2.24, 2.45) is 11.8 Å². The van der Waals surface area contributed by atoms with Gasteiger partial charge in [0.2, 0.25) is 11.8 Å². The molecule has 0 heterocycles. The number of carbonyl (C=O) groups is 5. The molecule has 0 aromatic heterocycles. The first kappa shape index (κ1) is 46.8. The van der Waals surface area contributed by atoms with Crippen molar-refractivity contribution in [1.29, 1.82) is 0 Å². The van der Waals surface area contributed by atoms with Crippen molar-refractivity contribution in [2.45, 2.75) is 83.6 Å². The summed E-state index contributed by atoms with van der Waals surface area (Å²) in [4.78, 5) is 74.2. The summed E-state index contributed by atoms with van der Waals surface area (Å²) >= 11 is 0. The van der Waals surface area contributed by atoms with Gasteiger partial charge in [-0.25, -0.2) is 4.79 Å². The zero-order valence-electron chi connectivity index (χ0n) is 35.3. The first-order valence-corrected chi connectivity index (χ1v) is 19.4. The number of phenolic OH excluding ortho intramolecular Hbond substituents is 2. The van der Waals surface area contributed by atoms with Crippen molar-refractivity contribution in [3.63, 3.8) is 0 Å². The van der Waals surface area contributed by atoms with Crippen molar-refractivity contribution in [3.05, 3.63) is 89.5 Å². The molecule has 0 aliphatic heterocycles. The van der Waals surface area contributed by atoms with E-state index in [-0.39, 0.29) is 24.3 Å². The monoisotopic (exact) mass is 804 g/mol. The van der Waals surface area contributed by atoms with E-state index >= 15 is 0 Å². The molecule has 3 N–H and O–H groups in total. The lowest BCUT2D eigenvalue weighted by Gasteiger charge is -2.36. The largest absolute Gasteiger partial charge is 0.508 e. The number of rotatable bonds is 20. The number of benzene rings is 3. The Morgan fingerprint density at radius 2 is 1.09 bits per heavy atom. The highest BCUT2D eigenvalue weighted by Crippen LogP contribution is 2.22. The molecule has 3 amide bonds. The number of nitrogens with zero attached hydrogens (tertiary/aromatic N) is 3. The lowest BCUT2D eigenvalue weighted by molar-refractivity contribution is -0.164. The number of esters is 2. The quantitative estimate of drug-likeness (QED) is 0.141. The van der Waals surface area contributed by atoms with Gasteiger partial charge in [0.1, 0.15) is 41.4 Å². The molecule has 0 aliphatic rings. The fourth-order valence-electron chi connectivity index (χ4n) is 6.43. The molecule has 0 fully saturated rings. The second-order valence-corrected chi connectivity index (χ2v) is 15.2. The van der Waals surface area contributed by atoms with Crippen LogP contribution < -0.4 is 10.1 Å². The van der Waals surface area contributed by atoms with Gasteiger partial charge in [0.25, 0.3) is 5.91 Å². The summed E-state index contributed by atoms with van der Waals surface area (Å²) in [7, 11) is 9.21. The van der Waals surface area contributed by atoms with Crippen LogP contribution in [-0.4, -0.2) is 127 Å². The van der Waals surface area contributed by atoms with Crippen molar-refractivity contribution < 1.29 is 48.4 Å². The minimum absolute atomic E-state index is 0.00475. The van der Waals surface area contributed by atoms with E-state index in [1.165, 1.54) is 55.3 Å². The maximum absolute atomic E-state index is 14.5. The molecule has 0 aliphatic carbocycles. The van der Waals surface area contributed by atoms with Crippen molar-refractivity contribution in [3.8, 4) is 17.2 Å². The second-order valence-electron chi connectivity index (χ2n) is 15.2. The molecule has 3 rings (SSSR count). The van der Waals surface area contributed by atoms with Gasteiger partial charge in [0.15, 0.2) is 6.10 Å². The van der Waals surface area contributed by atoms with Gasteiger partial charge in [-0.2, -0.15) is 0 Å². The Morgan fingerprint density at radius 1 is 0.638 bits per heavy atom. The molecule has 6 atom stereocenters. The van der Waals surface area contributed by atoms with Crippen molar-refractivity contribution in [1.82, 2.24) is 20.0 Å². The smallest absolute Gasteiger partial charge is 0.328 e. The topological polar surface area (TPSA) is 175 Å². The van der Waals surface area contributed by atoms with E-state index in [9.17, 15) is 34.2 Å². The van der Waals surface area contributed by atoms with Gasteiger partial charge < -0.3 is 39.5 Å². The Hall–Kier alpha value is -5.63. The van der Waals surface area contributed by atoms with Crippen molar-refractivity contribution >= 4 is 29.7 Å². The third kappa shape index (κ3) is 12.7. The van der Waals surface area contributed by atoms with Crippen molar-refractivity contribution in [2.75, 3.05) is 42.4 Å². The molecule has 0 unspecified atom stereocenters. The fourth-order valence-corrected chi connectivity index (χ4v) is 6.43. The minimum atomic E-state index is -1.23. The molecule has 14 nitrogen and oxygen atoms in total. The molecule has 316 valence electrons. The molecule has 0 spiro atoms. The summed E-state index contributed by atoms with van der Waals surface area (Å²) in [6, 6.07) is 15.6. The first-order chi connectivity index (χ1) is 27.4. The highest BCUT2D eigenvalue weighted by molar-refractivity contribution is 5.95. The number of hydrogen-bond acceptors (Lipinski definition) is 11. The molecule has 14 heteroatoms. The Morgan fingerprint density at radius 3 is 1.52 bits per heavy atom. The molecule has 0 saturated carbocycles. The van der Waals surface area contributed by atoms with Gasteiger partial charge in [0, 0.05) is 32.9 Å². The van der Waals surface area contributed by atoms with Crippen LogP contribution in [0.25, 0.3) is 0 Å². The zero-order valence-corrected chi connectivity index (χ0v) is 35.3. The van der Waals surface area contributed by atoms with Gasteiger partial charge in [-0.05, 0) is 85.9 Å². The maximum atomic E-state index is 14.5. The number of methoxy groups -OCH3 is 2. The summed E-state index contributed by atoms with van der Waals surface area (Å²) in [5.74, 6) is -3.22. The SMILES string of the molecule is CC[C@H](C)[C@@H](OC(=O)[C@@H](Cc1ccc(OC)cc1)N(C)C)C(=O)N[C@H](C(=O)N(C)[C@H](Cc1ccc(O)cc1)C(=O)N(C)[C@@H](Cc1ccc(O)cc1)C(=O)OC)C(C)C. The summed E-state index contributed by atoms with van der Waals surface area (Å²) in [5.41, 5.74) is 2.15. The summed E-state index contributed by atoms with van der Waals surface area (Å²) < 4.78 is 16.3. The molecule has 0 radical (unpaired) electrons. The van der Waals surface area contributed by atoms with Crippen LogP contribution in [0.1, 0.15) is 50.8 Å². The van der Waals surface area contributed by atoms with E-state index in [1.807, 2.05) is 19.1 Å². The molecule has 3 aromatic rings. The van der Waals surface area contributed by atoms with Crippen LogP contribution in [0.4, 0.5) is 0 Å².